The SMILES string of the molecule is O=C(CCc1ccccc1OC(F)(F)F)NCc1nc(-c2ccco2)n[nH]1. The van der Waals surface area contributed by atoms with Gasteiger partial charge in [-0.25, -0.2) is 4.98 Å². The number of hydrogen-bond acceptors (Lipinski definition) is 5. The first-order chi connectivity index (χ1) is 12.9. The number of aromatic amines is 1. The van der Waals surface area contributed by atoms with E-state index >= 15 is 0 Å². The van der Waals surface area contributed by atoms with Crippen molar-refractivity contribution in [1.82, 2.24) is 20.5 Å². The van der Waals surface area contributed by atoms with Crippen LogP contribution in [0.3, 0.4) is 0 Å². The second-order valence-electron chi connectivity index (χ2n) is 5.52. The summed E-state index contributed by atoms with van der Waals surface area (Å²) in [6.07, 6.45) is -3.19. The van der Waals surface area contributed by atoms with Crippen LogP contribution in [0, 0.1) is 0 Å². The van der Waals surface area contributed by atoms with E-state index in [0.29, 0.717) is 23.0 Å². The maximum Gasteiger partial charge on any atom is 0.573 e. The highest BCUT2D eigenvalue weighted by atomic mass is 19.4. The summed E-state index contributed by atoms with van der Waals surface area (Å²) in [5.41, 5.74) is 0.296. The van der Waals surface area contributed by atoms with Crippen molar-refractivity contribution in [1.29, 1.82) is 0 Å². The van der Waals surface area contributed by atoms with Crippen LogP contribution in [0.15, 0.2) is 47.1 Å². The highest BCUT2D eigenvalue weighted by Crippen LogP contribution is 2.27. The summed E-state index contributed by atoms with van der Waals surface area (Å²) >= 11 is 0. The third kappa shape index (κ3) is 5.33. The van der Waals surface area contributed by atoms with Crippen molar-refractivity contribution in [2.45, 2.75) is 25.7 Å². The van der Waals surface area contributed by atoms with Crippen molar-refractivity contribution in [3.05, 3.63) is 54.0 Å². The van der Waals surface area contributed by atoms with Crippen molar-refractivity contribution < 1.29 is 27.1 Å². The van der Waals surface area contributed by atoms with E-state index < -0.39 is 6.36 Å². The lowest BCUT2D eigenvalue weighted by Crippen LogP contribution is -2.24. The molecule has 0 spiro atoms. The monoisotopic (exact) mass is 380 g/mol. The Morgan fingerprint density at radius 3 is 2.78 bits per heavy atom. The van der Waals surface area contributed by atoms with Crippen LogP contribution in [-0.4, -0.2) is 27.5 Å². The van der Waals surface area contributed by atoms with Gasteiger partial charge in [0, 0.05) is 6.42 Å². The van der Waals surface area contributed by atoms with Crippen molar-refractivity contribution in [3.8, 4) is 17.3 Å². The summed E-state index contributed by atoms with van der Waals surface area (Å²) in [5, 5.41) is 9.28. The Morgan fingerprint density at radius 2 is 2.04 bits per heavy atom. The quantitative estimate of drug-likeness (QED) is 0.657. The lowest BCUT2D eigenvalue weighted by molar-refractivity contribution is -0.274. The molecule has 0 aliphatic carbocycles. The number of rotatable bonds is 7. The number of para-hydroxylation sites is 1. The Hall–Kier alpha value is -3.30. The van der Waals surface area contributed by atoms with Gasteiger partial charge in [0.15, 0.2) is 5.76 Å². The third-order valence-corrected chi connectivity index (χ3v) is 3.55. The van der Waals surface area contributed by atoms with Gasteiger partial charge < -0.3 is 14.5 Å². The smallest absolute Gasteiger partial charge is 0.461 e. The van der Waals surface area contributed by atoms with Gasteiger partial charge in [0.2, 0.25) is 11.7 Å². The zero-order chi connectivity index (χ0) is 19.3. The van der Waals surface area contributed by atoms with Gasteiger partial charge in [-0.2, -0.15) is 0 Å². The molecule has 2 N–H and O–H groups in total. The molecule has 1 amide bonds. The Kier molecular flexibility index (Phi) is 5.43. The molecular formula is C17H15F3N4O3. The van der Waals surface area contributed by atoms with Crippen LogP contribution in [0.5, 0.6) is 5.75 Å². The van der Waals surface area contributed by atoms with E-state index in [1.165, 1.54) is 24.5 Å². The van der Waals surface area contributed by atoms with E-state index in [1.54, 1.807) is 18.2 Å². The minimum Gasteiger partial charge on any atom is -0.461 e. The van der Waals surface area contributed by atoms with Gasteiger partial charge in [-0.15, -0.1) is 18.3 Å². The molecule has 0 atom stereocenters. The van der Waals surface area contributed by atoms with Crippen LogP contribution in [0.4, 0.5) is 13.2 Å². The first-order valence-corrected chi connectivity index (χ1v) is 7.96. The van der Waals surface area contributed by atoms with Crippen LogP contribution in [0.25, 0.3) is 11.6 Å². The normalized spacial score (nSPS) is 11.4. The summed E-state index contributed by atoms with van der Waals surface area (Å²) < 4.78 is 46.4. The average Bonchev–Trinajstić information content (AvgIpc) is 3.29. The van der Waals surface area contributed by atoms with Crippen LogP contribution in [0.2, 0.25) is 0 Å². The van der Waals surface area contributed by atoms with Crippen molar-refractivity contribution in [2.75, 3.05) is 0 Å². The van der Waals surface area contributed by atoms with Crippen LogP contribution < -0.4 is 10.1 Å². The first-order valence-electron chi connectivity index (χ1n) is 7.96. The minimum atomic E-state index is -4.78. The molecule has 0 bridgehead atoms. The Bertz CT molecular complexity index is 891. The standard InChI is InChI=1S/C17H15F3N4O3/c18-17(19,20)27-12-5-2-1-4-11(12)7-8-15(25)21-10-14-22-16(24-23-14)13-6-3-9-26-13/h1-6,9H,7-8,10H2,(H,21,25)(H,22,23,24). The molecular weight excluding hydrogens is 365 g/mol. The molecule has 7 nitrogen and oxygen atoms in total. The third-order valence-electron chi connectivity index (χ3n) is 3.55. The van der Waals surface area contributed by atoms with Gasteiger partial charge in [0.05, 0.1) is 12.8 Å². The number of nitrogens with zero attached hydrogens (tertiary/aromatic N) is 2. The summed E-state index contributed by atoms with van der Waals surface area (Å²) in [5.74, 6) is 0.631. The number of nitrogens with one attached hydrogen (secondary N) is 2. The topological polar surface area (TPSA) is 93.0 Å². The minimum absolute atomic E-state index is 0.00257. The number of amides is 1. The van der Waals surface area contributed by atoms with E-state index in [0.717, 1.165) is 0 Å². The van der Waals surface area contributed by atoms with Crippen LogP contribution >= 0.6 is 0 Å². The summed E-state index contributed by atoms with van der Waals surface area (Å²) in [6, 6.07) is 9.12. The number of furan rings is 1. The zero-order valence-corrected chi connectivity index (χ0v) is 13.9. The lowest BCUT2D eigenvalue weighted by Gasteiger charge is -2.12. The Labute approximate surface area is 151 Å². The van der Waals surface area contributed by atoms with Gasteiger partial charge in [0.1, 0.15) is 11.6 Å². The van der Waals surface area contributed by atoms with Crippen molar-refractivity contribution in [3.63, 3.8) is 0 Å². The molecule has 0 fully saturated rings. The van der Waals surface area contributed by atoms with Gasteiger partial charge >= 0.3 is 6.36 Å². The molecule has 3 aromatic rings. The fourth-order valence-corrected chi connectivity index (χ4v) is 2.34. The Morgan fingerprint density at radius 1 is 1.22 bits per heavy atom. The van der Waals surface area contributed by atoms with E-state index in [9.17, 15) is 18.0 Å². The molecule has 2 heterocycles. The number of aromatic nitrogens is 3. The maximum absolute atomic E-state index is 12.4. The molecule has 1 aromatic carbocycles. The highest BCUT2D eigenvalue weighted by Gasteiger charge is 2.31. The molecule has 0 saturated carbocycles. The van der Waals surface area contributed by atoms with E-state index in [1.807, 2.05) is 0 Å². The van der Waals surface area contributed by atoms with E-state index in [4.69, 9.17) is 4.42 Å². The number of alkyl halides is 3. The first kappa shape index (κ1) is 18.5. The molecule has 0 saturated heterocycles. The summed E-state index contributed by atoms with van der Waals surface area (Å²) in [4.78, 5) is 16.1. The fraction of sp³-hybridized carbons (Fsp3) is 0.235. The molecule has 0 aliphatic rings. The molecule has 142 valence electrons. The molecule has 10 heteroatoms. The molecule has 0 aliphatic heterocycles. The van der Waals surface area contributed by atoms with Gasteiger partial charge in [-0.05, 0) is 30.2 Å². The number of carbonyl (C=O) groups excluding carboxylic acids is 1. The highest BCUT2D eigenvalue weighted by molar-refractivity contribution is 5.76. The predicted molar refractivity (Wildman–Crippen MR) is 87.4 cm³/mol. The van der Waals surface area contributed by atoms with Crippen molar-refractivity contribution in [2.24, 2.45) is 0 Å². The number of H-pyrrole nitrogens is 1. The van der Waals surface area contributed by atoms with Gasteiger partial charge in [-0.1, -0.05) is 18.2 Å². The van der Waals surface area contributed by atoms with Crippen LogP contribution in [0.1, 0.15) is 17.8 Å². The molecule has 2 aromatic heterocycles. The summed E-state index contributed by atoms with van der Waals surface area (Å²) in [7, 11) is 0. The van der Waals surface area contributed by atoms with E-state index in [2.05, 4.69) is 25.2 Å². The number of aryl methyl sites for hydroxylation is 1. The Balaban J connectivity index is 1.51. The molecule has 3 rings (SSSR count). The van der Waals surface area contributed by atoms with Gasteiger partial charge in [0.25, 0.3) is 0 Å². The number of hydrogen-bond donors (Lipinski definition) is 2. The second kappa shape index (κ2) is 7.94. The van der Waals surface area contributed by atoms with Gasteiger partial charge in [-0.3, -0.25) is 9.89 Å². The second-order valence-corrected chi connectivity index (χ2v) is 5.52. The number of carbonyl (C=O) groups is 1. The molecule has 0 unspecified atom stereocenters. The predicted octanol–water partition coefficient (Wildman–Crippen LogP) is 3.21. The largest absolute Gasteiger partial charge is 0.573 e. The summed E-state index contributed by atoms with van der Waals surface area (Å²) in [6.45, 7) is 0.104. The number of ether oxygens (including phenoxy) is 1. The van der Waals surface area contributed by atoms with Crippen molar-refractivity contribution >= 4 is 5.91 Å². The van der Waals surface area contributed by atoms with Crippen LogP contribution in [-0.2, 0) is 17.8 Å². The number of benzene rings is 1. The average molecular weight is 380 g/mol. The zero-order valence-electron chi connectivity index (χ0n) is 13.9. The molecule has 27 heavy (non-hydrogen) atoms. The van der Waals surface area contributed by atoms with E-state index in [-0.39, 0.29) is 31.0 Å². The number of halogens is 3. The molecule has 0 radical (unpaired) electrons. The maximum atomic E-state index is 12.4. The lowest BCUT2D eigenvalue weighted by atomic mass is 10.1. The fourth-order valence-electron chi connectivity index (χ4n) is 2.34.